The van der Waals surface area contributed by atoms with Crippen molar-refractivity contribution in [2.45, 2.75) is 13.5 Å². The van der Waals surface area contributed by atoms with Gasteiger partial charge in [-0.2, -0.15) is 0 Å². The predicted molar refractivity (Wildman–Crippen MR) is 108 cm³/mol. The third-order valence-electron chi connectivity index (χ3n) is 4.68. The van der Waals surface area contributed by atoms with Gasteiger partial charge in [0.05, 0.1) is 10.5 Å². The molecule has 0 spiro atoms. The van der Waals surface area contributed by atoms with Crippen LogP contribution >= 0.6 is 0 Å². The smallest absolute Gasteiger partial charge is 0.270 e. The van der Waals surface area contributed by atoms with E-state index in [1.807, 2.05) is 31.2 Å². The molecule has 0 radical (unpaired) electrons. The van der Waals surface area contributed by atoms with Gasteiger partial charge in [0.2, 0.25) is 5.78 Å². The molecule has 6 heteroatoms. The molecule has 0 bridgehead atoms. The molecule has 29 heavy (non-hydrogen) atoms. The first-order chi connectivity index (χ1) is 14.0. The van der Waals surface area contributed by atoms with Crippen LogP contribution in [0.1, 0.15) is 27.0 Å². The average Bonchev–Trinajstić information content (AvgIpc) is 3.02. The molecule has 0 saturated heterocycles. The van der Waals surface area contributed by atoms with Crippen molar-refractivity contribution in [2.24, 2.45) is 0 Å². The van der Waals surface area contributed by atoms with Crippen molar-refractivity contribution in [1.29, 1.82) is 0 Å². The summed E-state index contributed by atoms with van der Waals surface area (Å²) in [5.74, 6) is 0.860. The fourth-order valence-corrected chi connectivity index (χ4v) is 3.07. The van der Waals surface area contributed by atoms with Crippen molar-refractivity contribution in [3.05, 3.63) is 105 Å². The van der Waals surface area contributed by atoms with E-state index in [1.54, 1.807) is 30.3 Å². The number of carbonyl (C=O) groups excluding carboxylic acids is 1. The monoisotopic (exact) mass is 387 g/mol. The molecule has 1 aliphatic rings. The Kier molecular flexibility index (Phi) is 4.83. The van der Waals surface area contributed by atoms with E-state index in [9.17, 15) is 14.9 Å². The number of hydrogen-bond donors (Lipinski definition) is 0. The molecule has 0 aliphatic carbocycles. The van der Waals surface area contributed by atoms with Gasteiger partial charge in [0.1, 0.15) is 18.1 Å². The van der Waals surface area contributed by atoms with E-state index in [0.717, 1.165) is 11.1 Å². The maximum Gasteiger partial charge on any atom is 0.270 e. The summed E-state index contributed by atoms with van der Waals surface area (Å²) < 4.78 is 11.5. The second-order valence-electron chi connectivity index (χ2n) is 6.66. The Morgan fingerprint density at radius 3 is 2.69 bits per heavy atom. The van der Waals surface area contributed by atoms with Crippen molar-refractivity contribution in [2.75, 3.05) is 0 Å². The Balaban J connectivity index is 1.53. The van der Waals surface area contributed by atoms with E-state index in [0.29, 0.717) is 29.2 Å². The lowest BCUT2D eigenvalue weighted by molar-refractivity contribution is -0.384. The van der Waals surface area contributed by atoms with Crippen molar-refractivity contribution < 1.29 is 19.2 Å². The van der Waals surface area contributed by atoms with Crippen LogP contribution in [0.2, 0.25) is 0 Å². The van der Waals surface area contributed by atoms with Crippen molar-refractivity contribution >= 4 is 17.5 Å². The zero-order valence-corrected chi connectivity index (χ0v) is 15.6. The molecule has 0 aromatic heterocycles. The van der Waals surface area contributed by atoms with Gasteiger partial charge in [0.15, 0.2) is 5.76 Å². The van der Waals surface area contributed by atoms with E-state index >= 15 is 0 Å². The molecule has 4 rings (SSSR count). The first-order valence-electron chi connectivity index (χ1n) is 9.01. The maximum atomic E-state index is 12.6. The maximum absolute atomic E-state index is 12.6. The standard InChI is InChI=1S/C23H17NO5/c1-15-5-2-3-7-17(15)14-28-19-9-10-20-21(13-19)29-22(23(20)25)12-16-6-4-8-18(11-16)24(26)27/h2-13H,14H2,1H3. The minimum atomic E-state index is -0.480. The Bertz CT molecular complexity index is 1150. The first-order valence-corrected chi connectivity index (χ1v) is 9.01. The van der Waals surface area contributed by atoms with E-state index in [4.69, 9.17) is 9.47 Å². The molecule has 0 N–H and O–H groups in total. The summed E-state index contributed by atoms with van der Waals surface area (Å²) in [4.78, 5) is 23.0. The number of allylic oxidation sites excluding steroid dienone is 1. The number of Topliss-reactive ketones (excluding diaryl/α,β-unsaturated/α-hetero) is 1. The zero-order valence-electron chi connectivity index (χ0n) is 15.6. The van der Waals surface area contributed by atoms with Gasteiger partial charge in [-0.3, -0.25) is 14.9 Å². The second kappa shape index (κ2) is 7.59. The Morgan fingerprint density at radius 2 is 1.90 bits per heavy atom. The lowest BCUT2D eigenvalue weighted by Gasteiger charge is -2.09. The highest BCUT2D eigenvalue weighted by atomic mass is 16.6. The Labute approximate surface area is 167 Å². The molecule has 1 aliphatic heterocycles. The SMILES string of the molecule is Cc1ccccc1COc1ccc2c(c1)OC(=Cc1cccc([N+](=O)[O-])c1)C2=O. The fraction of sp³-hybridized carbons (Fsp3) is 0.0870. The van der Waals surface area contributed by atoms with Gasteiger partial charge in [-0.15, -0.1) is 0 Å². The molecule has 6 nitrogen and oxygen atoms in total. The van der Waals surface area contributed by atoms with Crippen LogP contribution < -0.4 is 9.47 Å². The highest BCUT2D eigenvalue weighted by Gasteiger charge is 2.28. The van der Waals surface area contributed by atoms with Crippen molar-refractivity contribution in [1.82, 2.24) is 0 Å². The highest BCUT2D eigenvalue weighted by molar-refractivity contribution is 6.14. The molecule has 1 heterocycles. The number of ether oxygens (including phenoxy) is 2. The van der Waals surface area contributed by atoms with Crippen LogP contribution in [0.25, 0.3) is 6.08 Å². The third-order valence-corrected chi connectivity index (χ3v) is 4.68. The highest BCUT2D eigenvalue weighted by Crippen LogP contribution is 2.35. The molecule has 0 saturated carbocycles. The summed E-state index contributed by atoms with van der Waals surface area (Å²) in [5.41, 5.74) is 3.13. The van der Waals surface area contributed by atoms with Gasteiger partial charge in [0, 0.05) is 18.2 Å². The van der Waals surface area contributed by atoms with Gasteiger partial charge in [0.25, 0.3) is 5.69 Å². The lowest BCUT2D eigenvalue weighted by Crippen LogP contribution is -1.98. The number of nitro benzene ring substituents is 1. The van der Waals surface area contributed by atoms with Crippen LogP contribution in [0.4, 0.5) is 5.69 Å². The van der Waals surface area contributed by atoms with Gasteiger partial charge in [-0.05, 0) is 41.8 Å². The van der Waals surface area contributed by atoms with E-state index in [2.05, 4.69) is 0 Å². The molecule has 0 unspecified atom stereocenters. The number of non-ortho nitro benzene ring substituents is 1. The summed E-state index contributed by atoms with van der Waals surface area (Å²) in [7, 11) is 0. The third kappa shape index (κ3) is 3.87. The largest absolute Gasteiger partial charge is 0.489 e. The number of ketones is 1. The zero-order chi connectivity index (χ0) is 20.4. The number of hydrogen-bond acceptors (Lipinski definition) is 5. The molecule has 3 aromatic rings. The number of fused-ring (bicyclic) bond motifs is 1. The summed E-state index contributed by atoms with van der Waals surface area (Å²) in [6, 6.07) is 19.1. The van der Waals surface area contributed by atoms with Crippen LogP contribution in [0.3, 0.4) is 0 Å². The van der Waals surface area contributed by atoms with Crippen LogP contribution in [-0.2, 0) is 6.61 Å². The lowest BCUT2D eigenvalue weighted by atomic mass is 10.1. The summed E-state index contributed by atoms with van der Waals surface area (Å²) in [6.45, 7) is 2.43. The average molecular weight is 387 g/mol. The molecule has 0 fully saturated rings. The van der Waals surface area contributed by atoms with Crippen LogP contribution in [0, 0.1) is 17.0 Å². The second-order valence-corrected chi connectivity index (χ2v) is 6.66. The van der Waals surface area contributed by atoms with Crippen LogP contribution in [-0.4, -0.2) is 10.7 Å². The first kappa shape index (κ1) is 18.4. The number of carbonyl (C=O) groups is 1. The molecule has 144 valence electrons. The minimum Gasteiger partial charge on any atom is -0.489 e. The van der Waals surface area contributed by atoms with Gasteiger partial charge >= 0.3 is 0 Å². The fourth-order valence-electron chi connectivity index (χ4n) is 3.07. The molecular weight excluding hydrogens is 370 g/mol. The van der Waals surface area contributed by atoms with Crippen molar-refractivity contribution in [3.8, 4) is 11.5 Å². The van der Waals surface area contributed by atoms with Crippen LogP contribution in [0.15, 0.2) is 72.5 Å². The summed E-state index contributed by atoms with van der Waals surface area (Å²) in [5, 5.41) is 10.9. The van der Waals surface area contributed by atoms with E-state index in [1.165, 1.54) is 18.2 Å². The number of aryl methyl sites for hydroxylation is 1. The number of benzene rings is 3. The normalized spacial score (nSPS) is 13.8. The van der Waals surface area contributed by atoms with Gasteiger partial charge in [-0.25, -0.2) is 0 Å². The topological polar surface area (TPSA) is 78.7 Å². The molecule has 0 amide bonds. The summed E-state index contributed by atoms with van der Waals surface area (Å²) >= 11 is 0. The predicted octanol–water partition coefficient (Wildman–Crippen LogP) is 5.10. The number of nitrogens with zero attached hydrogens (tertiary/aromatic N) is 1. The minimum absolute atomic E-state index is 0.0470. The number of nitro groups is 1. The van der Waals surface area contributed by atoms with Crippen LogP contribution in [0.5, 0.6) is 11.5 Å². The Hall–Kier alpha value is -3.93. The quantitative estimate of drug-likeness (QED) is 0.346. The summed E-state index contributed by atoms with van der Waals surface area (Å²) in [6.07, 6.45) is 1.50. The number of rotatable bonds is 5. The van der Waals surface area contributed by atoms with Gasteiger partial charge in [-0.1, -0.05) is 36.4 Å². The molecule has 0 atom stereocenters. The molecular formula is C23H17NO5. The van der Waals surface area contributed by atoms with E-state index in [-0.39, 0.29) is 17.2 Å². The van der Waals surface area contributed by atoms with E-state index < -0.39 is 4.92 Å². The van der Waals surface area contributed by atoms with Crippen molar-refractivity contribution in [3.63, 3.8) is 0 Å². The Morgan fingerprint density at radius 1 is 1.07 bits per heavy atom. The van der Waals surface area contributed by atoms with Gasteiger partial charge < -0.3 is 9.47 Å². The molecule has 3 aromatic carbocycles.